The van der Waals surface area contributed by atoms with Crippen molar-refractivity contribution < 1.29 is 9.47 Å². The van der Waals surface area contributed by atoms with Crippen LogP contribution in [0.5, 0.6) is 23.0 Å². The maximum absolute atomic E-state index is 6.38. The Labute approximate surface area is 257 Å². The molecule has 1 aliphatic heterocycles. The Morgan fingerprint density at radius 1 is 0.568 bits per heavy atom. The quantitative estimate of drug-likeness (QED) is 0.181. The Balaban J connectivity index is 1.25. The molecule has 6 aromatic rings. The van der Waals surface area contributed by atoms with E-state index in [2.05, 4.69) is 59.6 Å². The molecule has 0 radical (unpaired) electrons. The second kappa shape index (κ2) is 12.2. The summed E-state index contributed by atoms with van der Waals surface area (Å²) in [6.45, 7) is 0.804. The maximum Gasteiger partial charge on any atom is 0.129 e. The van der Waals surface area contributed by atoms with E-state index in [1.165, 1.54) is 0 Å². The van der Waals surface area contributed by atoms with E-state index in [0.29, 0.717) is 0 Å². The highest BCUT2D eigenvalue weighted by Crippen LogP contribution is 2.40. The number of pyridine rings is 2. The summed E-state index contributed by atoms with van der Waals surface area (Å²) in [6.07, 6.45) is 7.79. The van der Waals surface area contributed by atoms with Crippen molar-refractivity contribution in [3.8, 4) is 56.6 Å². The molecule has 44 heavy (non-hydrogen) atoms. The molecule has 2 aromatic heterocycles. The highest BCUT2D eigenvalue weighted by atomic mass is 16.5. The van der Waals surface area contributed by atoms with Crippen LogP contribution >= 0.6 is 0 Å². The van der Waals surface area contributed by atoms with Crippen LogP contribution in [0.15, 0.2) is 152 Å². The second-order valence-electron chi connectivity index (χ2n) is 10.5. The van der Waals surface area contributed by atoms with Gasteiger partial charge in [0.25, 0.3) is 0 Å². The van der Waals surface area contributed by atoms with E-state index in [1.54, 1.807) is 0 Å². The molecule has 1 aliphatic rings. The Kier molecular flexibility index (Phi) is 7.45. The number of aromatic nitrogens is 2. The molecule has 6 nitrogen and oxygen atoms in total. The van der Waals surface area contributed by atoms with Gasteiger partial charge in [-0.3, -0.25) is 9.97 Å². The van der Waals surface area contributed by atoms with Crippen LogP contribution in [-0.2, 0) is 0 Å². The minimum Gasteiger partial charge on any atom is -0.457 e. The zero-order valence-electron chi connectivity index (χ0n) is 24.2. The molecule has 0 unspecified atom stereocenters. The van der Waals surface area contributed by atoms with Gasteiger partial charge in [-0.2, -0.15) is 0 Å². The summed E-state index contributed by atoms with van der Waals surface area (Å²) in [4.78, 5) is 13.9. The van der Waals surface area contributed by atoms with Gasteiger partial charge >= 0.3 is 0 Å². The van der Waals surface area contributed by atoms with E-state index in [9.17, 15) is 0 Å². The van der Waals surface area contributed by atoms with Gasteiger partial charge in [-0.15, -0.1) is 0 Å². The smallest absolute Gasteiger partial charge is 0.129 e. The Morgan fingerprint density at radius 3 is 2.00 bits per heavy atom. The van der Waals surface area contributed by atoms with Crippen molar-refractivity contribution in [1.82, 2.24) is 14.9 Å². The summed E-state index contributed by atoms with van der Waals surface area (Å²) in [5.41, 5.74) is 6.62. The molecule has 0 spiro atoms. The van der Waals surface area contributed by atoms with Gasteiger partial charge < -0.3 is 19.3 Å². The molecule has 0 amide bonds. The maximum atomic E-state index is 6.38. The van der Waals surface area contributed by atoms with E-state index in [4.69, 9.17) is 19.4 Å². The van der Waals surface area contributed by atoms with Crippen LogP contribution in [0.25, 0.3) is 33.6 Å². The molecule has 0 N–H and O–H groups in total. The van der Waals surface area contributed by atoms with Crippen LogP contribution < -0.4 is 14.4 Å². The van der Waals surface area contributed by atoms with Crippen molar-refractivity contribution in [1.29, 1.82) is 0 Å². The third-order valence-electron chi connectivity index (χ3n) is 7.36. The van der Waals surface area contributed by atoms with Crippen LogP contribution in [0, 0.1) is 0 Å². The lowest BCUT2D eigenvalue weighted by Gasteiger charge is -2.19. The Bertz CT molecular complexity index is 1930. The van der Waals surface area contributed by atoms with Gasteiger partial charge in [-0.1, -0.05) is 54.6 Å². The topological polar surface area (TPSA) is 50.7 Å². The highest BCUT2D eigenvalue weighted by molar-refractivity contribution is 5.91. The van der Waals surface area contributed by atoms with Crippen molar-refractivity contribution in [2.24, 2.45) is 0 Å². The highest BCUT2D eigenvalue weighted by Gasteiger charge is 2.18. The van der Waals surface area contributed by atoms with Crippen LogP contribution in [0.1, 0.15) is 0 Å². The number of para-hydroxylation sites is 1. The fourth-order valence-electron chi connectivity index (χ4n) is 5.31. The monoisotopic (exact) mass is 574 g/mol. The first kappa shape index (κ1) is 27.0. The molecule has 0 bridgehead atoms. The molecule has 214 valence electrons. The zero-order chi connectivity index (χ0) is 29.7. The first-order valence-electron chi connectivity index (χ1n) is 14.5. The minimum absolute atomic E-state index is 0.728. The molecule has 0 saturated heterocycles. The van der Waals surface area contributed by atoms with Gasteiger partial charge in [0.05, 0.1) is 18.1 Å². The molecule has 0 fully saturated rings. The van der Waals surface area contributed by atoms with Gasteiger partial charge in [0.1, 0.15) is 23.0 Å². The van der Waals surface area contributed by atoms with E-state index >= 15 is 0 Å². The zero-order valence-corrected chi connectivity index (χ0v) is 24.2. The molecule has 0 atom stereocenters. The van der Waals surface area contributed by atoms with Crippen LogP contribution in [0.4, 0.5) is 5.69 Å². The van der Waals surface area contributed by atoms with E-state index in [-0.39, 0.29) is 0 Å². The summed E-state index contributed by atoms with van der Waals surface area (Å²) in [6, 6.07) is 42.1. The lowest BCUT2D eigenvalue weighted by Crippen LogP contribution is -2.21. The molecule has 3 heterocycles. The molecule has 4 aromatic carbocycles. The van der Waals surface area contributed by atoms with Crippen LogP contribution in [0.3, 0.4) is 0 Å². The SMILES string of the molecule is CN1C=CN(c2cccc(Oc3cccc(-c4nccc(-c5cccc(Oc6ccccc6)c5)c4-c4ccccn4)c3)c2)C1. The van der Waals surface area contributed by atoms with Gasteiger partial charge in [0.15, 0.2) is 0 Å². The van der Waals surface area contributed by atoms with Crippen molar-refractivity contribution in [2.75, 3.05) is 18.6 Å². The first-order valence-corrected chi connectivity index (χ1v) is 14.5. The summed E-state index contributed by atoms with van der Waals surface area (Å²) < 4.78 is 12.5. The largest absolute Gasteiger partial charge is 0.457 e. The van der Waals surface area contributed by atoms with Crippen molar-refractivity contribution >= 4 is 5.69 Å². The second-order valence-corrected chi connectivity index (χ2v) is 10.5. The summed E-state index contributed by atoms with van der Waals surface area (Å²) in [5.74, 6) is 3.04. The first-order chi connectivity index (χ1) is 21.7. The molecule has 7 rings (SSSR count). The van der Waals surface area contributed by atoms with Crippen LogP contribution in [0.2, 0.25) is 0 Å². The number of benzene rings is 4. The minimum atomic E-state index is 0.728. The van der Waals surface area contributed by atoms with E-state index < -0.39 is 0 Å². The van der Waals surface area contributed by atoms with Gasteiger partial charge in [-0.05, 0) is 77.9 Å². The molecule has 6 heteroatoms. The van der Waals surface area contributed by atoms with Gasteiger partial charge in [0, 0.05) is 54.7 Å². The van der Waals surface area contributed by atoms with Crippen molar-refractivity contribution in [2.45, 2.75) is 0 Å². The molecular weight excluding hydrogens is 544 g/mol. The van der Waals surface area contributed by atoms with Gasteiger partial charge in [-0.25, -0.2) is 0 Å². The number of ether oxygens (including phenoxy) is 2. The third kappa shape index (κ3) is 5.87. The Hall–Kier alpha value is -5.88. The molecular formula is C38H30N4O2. The number of anilines is 1. The number of rotatable bonds is 8. The Morgan fingerprint density at radius 2 is 1.25 bits per heavy atom. The molecule has 0 saturated carbocycles. The predicted octanol–water partition coefficient (Wildman–Crippen LogP) is 9.24. The summed E-state index contributed by atoms with van der Waals surface area (Å²) in [5, 5.41) is 0. The summed E-state index contributed by atoms with van der Waals surface area (Å²) in [7, 11) is 2.06. The number of hydrogen-bond acceptors (Lipinski definition) is 6. The average Bonchev–Trinajstić information content (AvgIpc) is 3.52. The number of nitrogens with zero attached hydrogens (tertiary/aromatic N) is 4. The van der Waals surface area contributed by atoms with Gasteiger partial charge in [0.2, 0.25) is 0 Å². The lowest BCUT2D eigenvalue weighted by molar-refractivity contribution is 0.481. The summed E-state index contributed by atoms with van der Waals surface area (Å²) >= 11 is 0. The van der Waals surface area contributed by atoms with Crippen molar-refractivity contribution in [3.63, 3.8) is 0 Å². The molecule has 0 aliphatic carbocycles. The predicted molar refractivity (Wildman–Crippen MR) is 176 cm³/mol. The normalized spacial score (nSPS) is 12.4. The van der Waals surface area contributed by atoms with Crippen LogP contribution in [-0.4, -0.2) is 28.6 Å². The standard InChI is InChI=1S/C38H30N4O2/c1-41-22-23-42(27-41)30-12-9-17-34(26-30)44-33-16-8-11-29(25-33)38-37(36-18-5-6-20-39-36)35(19-21-40-38)28-10-7-15-32(24-28)43-31-13-3-2-4-14-31/h2-26H,27H2,1H3. The average molecular weight is 575 g/mol. The van der Waals surface area contributed by atoms with Crippen molar-refractivity contribution in [3.05, 3.63) is 152 Å². The third-order valence-corrected chi connectivity index (χ3v) is 7.36. The lowest BCUT2D eigenvalue weighted by atomic mass is 9.93. The van der Waals surface area contributed by atoms with E-state index in [1.807, 2.05) is 109 Å². The van der Waals surface area contributed by atoms with E-state index in [0.717, 1.165) is 69.0 Å². The fourth-order valence-corrected chi connectivity index (χ4v) is 5.31. The number of hydrogen-bond donors (Lipinski definition) is 0. The fraction of sp³-hybridized carbons (Fsp3) is 0.0526.